The number of carbonyl (C=O) groups is 2. The van der Waals surface area contributed by atoms with Crippen molar-refractivity contribution in [2.24, 2.45) is 0 Å². The molecule has 1 N–H and O–H groups in total. The summed E-state index contributed by atoms with van der Waals surface area (Å²) in [6, 6.07) is 9.10. The quantitative estimate of drug-likeness (QED) is 0.396. The number of halogens is 1. The molecule has 0 radical (unpaired) electrons. The number of nitrogens with zero attached hydrogens (tertiary/aromatic N) is 1. The van der Waals surface area contributed by atoms with E-state index in [0.717, 1.165) is 0 Å². The van der Waals surface area contributed by atoms with Gasteiger partial charge in [-0.1, -0.05) is 6.08 Å². The van der Waals surface area contributed by atoms with Gasteiger partial charge in [-0.2, -0.15) is 0 Å². The van der Waals surface area contributed by atoms with Gasteiger partial charge in [-0.25, -0.2) is 4.39 Å². The molecule has 25 heavy (non-hydrogen) atoms. The molecular weight excluding hydrogens is 343 g/mol. The van der Waals surface area contributed by atoms with Gasteiger partial charge in [0.2, 0.25) is 0 Å². The number of furan rings is 1. The molecule has 1 aliphatic heterocycles. The van der Waals surface area contributed by atoms with Gasteiger partial charge in [0.15, 0.2) is 5.11 Å². The molecule has 1 aliphatic rings. The number of carbonyl (C=O) groups excluding carboxylic acids is 2. The lowest BCUT2D eigenvalue weighted by Crippen LogP contribution is -2.53. The van der Waals surface area contributed by atoms with Crippen LogP contribution in [-0.2, 0) is 9.59 Å². The molecule has 0 aliphatic carbocycles. The summed E-state index contributed by atoms with van der Waals surface area (Å²) in [6.45, 7) is 3.75. The molecule has 1 fully saturated rings. The minimum atomic E-state index is -0.588. The maximum Gasteiger partial charge on any atom is 0.266 e. The molecule has 2 amide bonds. The lowest BCUT2D eigenvalue weighted by molar-refractivity contribution is -0.128. The molecule has 0 unspecified atom stereocenters. The molecule has 0 saturated carbocycles. The average molecular weight is 356 g/mol. The van der Waals surface area contributed by atoms with Gasteiger partial charge in [-0.3, -0.25) is 19.8 Å². The second-order valence-electron chi connectivity index (χ2n) is 5.23. The van der Waals surface area contributed by atoms with Crippen LogP contribution < -0.4 is 5.32 Å². The molecule has 1 aromatic carbocycles. The van der Waals surface area contributed by atoms with Gasteiger partial charge in [-0.15, -0.1) is 6.58 Å². The van der Waals surface area contributed by atoms with E-state index in [0.29, 0.717) is 17.1 Å². The Kier molecular flexibility index (Phi) is 4.58. The second kappa shape index (κ2) is 6.82. The van der Waals surface area contributed by atoms with Gasteiger partial charge in [0, 0.05) is 12.1 Å². The average Bonchev–Trinajstić information content (AvgIpc) is 3.05. The first-order valence-electron chi connectivity index (χ1n) is 7.35. The second-order valence-corrected chi connectivity index (χ2v) is 5.62. The molecule has 1 aromatic heterocycles. The fraction of sp³-hybridized carbons (Fsp3) is 0.0556. The first-order chi connectivity index (χ1) is 12.0. The van der Waals surface area contributed by atoms with Crippen LogP contribution in [0.3, 0.4) is 0 Å². The van der Waals surface area contributed by atoms with Crippen LogP contribution in [0.4, 0.5) is 4.39 Å². The van der Waals surface area contributed by atoms with E-state index in [-0.39, 0.29) is 23.0 Å². The highest BCUT2D eigenvalue weighted by atomic mass is 32.1. The summed E-state index contributed by atoms with van der Waals surface area (Å²) >= 11 is 4.99. The summed E-state index contributed by atoms with van der Waals surface area (Å²) in [7, 11) is 0. The number of rotatable bonds is 4. The van der Waals surface area contributed by atoms with Crippen molar-refractivity contribution in [1.29, 1.82) is 0 Å². The molecule has 3 rings (SSSR count). The Balaban J connectivity index is 1.90. The molecule has 0 atom stereocenters. The third-order valence-electron chi connectivity index (χ3n) is 3.54. The Morgan fingerprint density at radius 1 is 1.20 bits per heavy atom. The van der Waals surface area contributed by atoms with Crippen molar-refractivity contribution in [2.45, 2.75) is 0 Å². The molecule has 2 aromatic rings. The van der Waals surface area contributed by atoms with E-state index >= 15 is 0 Å². The minimum Gasteiger partial charge on any atom is -0.457 e. The van der Waals surface area contributed by atoms with E-state index in [1.54, 1.807) is 24.3 Å². The van der Waals surface area contributed by atoms with Crippen LogP contribution in [-0.4, -0.2) is 28.4 Å². The van der Waals surface area contributed by atoms with Crippen molar-refractivity contribution in [2.75, 3.05) is 6.54 Å². The van der Waals surface area contributed by atoms with Crippen molar-refractivity contribution >= 4 is 35.2 Å². The Bertz CT molecular complexity index is 899. The number of benzene rings is 1. The van der Waals surface area contributed by atoms with Crippen LogP contribution >= 0.6 is 12.2 Å². The molecule has 0 spiro atoms. The first kappa shape index (κ1) is 16.8. The maximum atomic E-state index is 13.0. The lowest BCUT2D eigenvalue weighted by Gasteiger charge is -2.27. The predicted octanol–water partition coefficient (Wildman–Crippen LogP) is 2.90. The van der Waals surface area contributed by atoms with E-state index < -0.39 is 11.8 Å². The molecule has 1 saturated heterocycles. The van der Waals surface area contributed by atoms with Gasteiger partial charge in [0.05, 0.1) is 0 Å². The van der Waals surface area contributed by atoms with Crippen LogP contribution in [0.25, 0.3) is 17.4 Å². The molecule has 5 nitrogen and oxygen atoms in total. The van der Waals surface area contributed by atoms with Crippen LogP contribution in [0.5, 0.6) is 0 Å². The van der Waals surface area contributed by atoms with Crippen LogP contribution in [0, 0.1) is 5.82 Å². The van der Waals surface area contributed by atoms with E-state index in [1.807, 2.05) is 0 Å². The highest BCUT2D eigenvalue weighted by Crippen LogP contribution is 2.24. The molecule has 7 heteroatoms. The normalized spacial score (nSPS) is 16.3. The van der Waals surface area contributed by atoms with Crippen molar-refractivity contribution < 1.29 is 18.4 Å². The summed E-state index contributed by atoms with van der Waals surface area (Å²) in [5.41, 5.74) is 0.593. The number of hydrogen-bond donors (Lipinski definition) is 1. The summed E-state index contributed by atoms with van der Waals surface area (Å²) in [6.07, 6.45) is 2.86. The van der Waals surface area contributed by atoms with Gasteiger partial charge in [0.25, 0.3) is 11.8 Å². The van der Waals surface area contributed by atoms with Crippen molar-refractivity contribution in [3.05, 3.63) is 66.2 Å². The highest BCUT2D eigenvalue weighted by Gasteiger charge is 2.32. The SMILES string of the molecule is C=CCN1C(=O)C(=Cc2ccc(-c3ccc(F)cc3)o2)C(=O)NC1=S. The third-order valence-corrected chi connectivity index (χ3v) is 3.86. The maximum absolute atomic E-state index is 13.0. The summed E-state index contributed by atoms with van der Waals surface area (Å²) in [5, 5.41) is 2.50. The molecular formula is C18H13FN2O3S. The Hall–Kier alpha value is -3.06. The largest absolute Gasteiger partial charge is 0.457 e. The number of hydrogen-bond acceptors (Lipinski definition) is 4. The Morgan fingerprint density at radius 2 is 1.92 bits per heavy atom. The number of thiocarbonyl (C=S) groups is 1. The smallest absolute Gasteiger partial charge is 0.266 e. The van der Waals surface area contributed by atoms with E-state index in [4.69, 9.17) is 16.6 Å². The highest BCUT2D eigenvalue weighted by molar-refractivity contribution is 7.80. The van der Waals surface area contributed by atoms with Gasteiger partial charge >= 0.3 is 0 Å². The van der Waals surface area contributed by atoms with E-state index in [9.17, 15) is 14.0 Å². The third kappa shape index (κ3) is 3.41. The Labute approximate surface area is 148 Å². The zero-order valence-electron chi connectivity index (χ0n) is 13.0. The predicted molar refractivity (Wildman–Crippen MR) is 94.7 cm³/mol. The van der Waals surface area contributed by atoms with Gasteiger partial charge in [-0.05, 0) is 54.7 Å². The monoisotopic (exact) mass is 356 g/mol. The topological polar surface area (TPSA) is 62.6 Å². The van der Waals surface area contributed by atoms with Crippen LogP contribution in [0.1, 0.15) is 5.76 Å². The number of nitrogens with one attached hydrogen (secondary N) is 1. The van der Waals surface area contributed by atoms with Crippen molar-refractivity contribution in [3.63, 3.8) is 0 Å². The molecule has 0 bridgehead atoms. The molecule has 126 valence electrons. The van der Waals surface area contributed by atoms with Crippen molar-refractivity contribution in [3.8, 4) is 11.3 Å². The van der Waals surface area contributed by atoms with E-state index in [2.05, 4.69) is 11.9 Å². The van der Waals surface area contributed by atoms with Gasteiger partial charge < -0.3 is 4.42 Å². The summed E-state index contributed by atoms with van der Waals surface area (Å²) < 4.78 is 18.6. The Morgan fingerprint density at radius 3 is 2.60 bits per heavy atom. The fourth-order valence-corrected chi connectivity index (χ4v) is 2.58. The van der Waals surface area contributed by atoms with E-state index in [1.165, 1.54) is 29.2 Å². The van der Waals surface area contributed by atoms with Gasteiger partial charge in [0.1, 0.15) is 22.9 Å². The van der Waals surface area contributed by atoms with Crippen molar-refractivity contribution in [1.82, 2.24) is 10.2 Å². The zero-order chi connectivity index (χ0) is 18.0. The minimum absolute atomic E-state index is 0.0403. The summed E-state index contributed by atoms with van der Waals surface area (Å²) in [4.78, 5) is 25.7. The summed E-state index contributed by atoms with van der Waals surface area (Å²) in [5.74, 6) is -0.637. The molecule has 2 heterocycles. The first-order valence-corrected chi connectivity index (χ1v) is 7.76. The fourth-order valence-electron chi connectivity index (χ4n) is 2.33. The standard InChI is InChI=1S/C18H13FN2O3S/c1-2-9-21-17(23)14(16(22)20-18(21)25)10-13-7-8-15(24-13)11-3-5-12(19)6-4-11/h2-8,10H,1,9H2,(H,20,22,25). The zero-order valence-corrected chi connectivity index (χ0v) is 13.8. The van der Waals surface area contributed by atoms with Crippen LogP contribution in [0.15, 0.2) is 59.0 Å². The van der Waals surface area contributed by atoms with Crippen LogP contribution in [0.2, 0.25) is 0 Å². The number of amides is 2. The lowest BCUT2D eigenvalue weighted by atomic mass is 10.1.